The molecule has 0 radical (unpaired) electrons. The number of carbonyl (C=O) groups excluding carboxylic acids is 1. The van der Waals surface area contributed by atoms with Crippen LogP contribution in [-0.2, 0) is 0 Å². The molecule has 2 amide bonds. The average molecular weight is 281 g/mol. The van der Waals surface area contributed by atoms with E-state index in [2.05, 4.69) is 5.32 Å². The second-order valence-electron chi connectivity index (χ2n) is 3.95. The zero-order valence-corrected chi connectivity index (χ0v) is 12.0. The molecule has 1 rings (SSSR count). The van der Waals surface area contributed by atoms with Crippen LogP contribution in [0.15, 0.2) is 24.3 Å². The molecular formula is C13H19N3O2S. The lowest BCUT2D eigenvalue weighted by Crippen LogP contribution is -2.36. The van der Waals surface area contributed by atoms with E-state index in [1.807, 2.05) is 6.92 Å². The lowest BCUT2D eigenvalue weighted by Gasteiger charge is -2.21. The van der Waals surface area contributed by atoms with Crippen LogP contribution >= 0.6 is 12.2 Å². The summed E-state index contributed by atoms with van der Waals surface area (Å²) in [6.45, 7) is 3.03. The van der Waals surface area contributed by atoms with Crippen LogP contribution in [0.1, 0.15) is 13.3 Å². The SMILES string of the molecule is CCN(CCC(N)=S)C(=O)Nc1ccc(OC)cc1. The Hall–Kier alpha value is -1.82. The number of anilines is 1. The van der Waals surface area contributed by atoms with Crippen molar-refractivity contribution in [2.75, 3.05) is 25.5 Å². The maximum atomic E-state index is 12.0. The Morgan fingerprint density at radius 2 is 2.05 bits per heavy atom. The maximum absolute atomic E-state index is 12.0. The standard InChI is InChI=1S/C13H19N3O2S/c1-3-16(9-8-12(14)19)13(17)15-10-4-6-11(18-2)7-5-10/h4-7H,3,8-9H2,1-2H3,(H2,14,19)(H,15,17). The summed E-state index contributed by atoms with van der Waals surface area (Å²) in [6.07, 6.45) is 0.527. The van der Waals surface area contributed by atoms with E-state index in [0.717, 1.165) is 11.4 Å². The zero-order valence-electron chi connectivity index (χ0n) is 11.2. The van der Waals surface area contributed by atoms with Crippen molar-refractivity contribution in [1.29, 1.82) is 0 Å². The van der Waals surface area contributed by atoms with Crippen LogP contribution in [0, 0.1) is 0 Å². The van der Waals surface area contributed by atoms with Gasteiger partial charge in [-0.2, -0.15) is 0 Å². The Bertz CT molecular complexity index is 434. The fraction of sp³-hybridized carbons (Fsp3) is 0.385. The third-order valence-corrected chi connectivity index (χ3v) is 2.84. The molecule has 0 aromatic heterocycles. The van der Waals surface area contributed by atoms with Crippen molar-refractivity contribution in [2.24, 2.45) is 5.73 Å². The molecule has 0 saturated heterocycles. The predicted molar refractivity (Wildman–Crippen MR) is 80.7 cm³/mol. The van der Waals surface area contributed by atoms with Crippen LogP contribution in [0.5, 0.6) is 5.75 Å². The van der Waals surface area contributed by atoms with Crippen molar-refractivity contribution in [3.63, 3.8) is 0 Å². The van der Waals surface area contributed by atoms with Crippen molar-refractivity contribution in [3.05, 3.63) is 24.3 Å². The Morgan fingerprint density at radius 1 is 1.42 bits per heavy atom. The molecular weight excluding hydrogens is 262 g/mol. The fourth-order valence-corrected chi connectivity index (χ4v) is 1.62. The average Bonchev–Trinajstić information content (AvgIpc) is 2.40. The van der Waals surface area contributed by atoms with E-state index in [1.165, 1.54) is 0 Å². The lowest BCUT2D eigenvalue weighted by atomic mass is 10.3. The Balaban J connectivity index is 2.57. The highest BCUT2D eigenvalue weighted by molar-refractivity contribution is 7.80. The Morgan fingerprint density at radius 3 is 2.53 bits per heavy atom. The molecule has 0 aliphatic rings. The van der Waals surface area contributed by atoms with Crippen LogP contribution in [-0.4, -0.2) is 36.1 Å². The number of nitrogens with zero attached hydrogens (tertiary/aromatic N) is 1. The first-order valence-electron chi connectivity index (χ1n) is 6.05. The number of benzene rings is 1. The summed E-state index contributed by atoms with van der Waals surface area (Å²) in [5.41, 5.74) is 6.16. The summed E-state index contributed by atoms with van der Waals surface area (Å²) in [4.78, 5) is 14.1. The van der Waals surface area contributed by atoms with E-state index in [1.54, 1.807) is 36.3 Å². The van der Waals surface area contributed by atoms with Crippen molar-refractivity contribution in [1.82, 2.24) is 4.90 Å². The second-order valence-corrected chi connectivity index (χ2v) is 4.48. The molecule has 0 saturated carbocycles. The third kappa shape index (κ3) is 5.13. The van der Waals surface area contributed by atoms with Crippen LogP contribution in [0.3, 0.4) is 0 Å². The van der Waals surface area contributed by atoms with Crippen molar-refractivity contribution in [3.8, 4) is 5.75 Å². The number of carbonyl (C=O) groups is 1. The highest BCUT2D eigenvalue weighted by Crippen LogP contribution is 2.15. The van der Waals surface area contributed by atoms with E-state index in [-0.39, 0.29) is 6.03 Å². The number of thiocarbonyl (C=S) groups is 1. The monoisotopic (exact) mass is 281 g/mol. The van der Waals surface area contributed by atoms with Gasteiger partial charge in [-0.3, -0.25) is 0 Å². The summed E-state index contributed by atoms with van der Waals surface area (Å²) < 4.78 is 5.06. The van der Waals surface area contributed by atoms with E-state index >= 15 is 0 Å². The van der Waals surface area contributed by atoms with Gasteiger partial charge in [0.05, 0.1) is 12.1 Å². The third-order valence-electron chi connectivity index (χ3n) is 2.64. The van der Waals surface area contributed by atoms with Crippen LogP contribution in [0.4, 0.5) is 10.5 Å². The molecule has 0 unspecified atom stereocenters. The summed E-state index contributed by atoms with van der Waals surface area (Å²) in [5, 5.41) is 2.82. The first-order valence-corrected chi connectivity index (χ1v) is 6.46. The molecule has 0 bridgehead atoms. The van der Waals surface area contributed by atoms with Crippen molar-refractivity contribution < 1.29 is 9.53 Å². The van der Waals surface area contributed by atoms with Gasteiger partial charge < -0.3 is 20.7 Å². The maximum Gasteiger partial charge on any atom is 0.321 e. The smallest absolute Gasteiger partial charge is 0.321 e. The van der Waals surface area contributed by atoms with Gasteiger partial charge in [0, 0.05) is 25.2 Å². The normalized spacial score (nSPS) is 9.79. The van der Waals surface area contributed by atoms with Gasteiger partial charge in [0.15, 0.2) is 0 Å². The number of urea groups is 1. The molecule has 19 heavy (non-hydrogen) atoms. The van der Waals surface area contributed by atoms with Crippen LogP contribution in [0.25, 0.3) is 0 Å². The van der Waals surface area contributed by atoms with Gasteiger partial charge in [0.25, 0.3) is 0 Å². The first-order chi connectivity index (χ1) is 9.06. The number of hydrogen-bond acceptors (Lipinski definition) is 3. The summed E-state index contributed by atoms with van der Waals surface area (Å²) in [5.74, 6) is 0.749. The van der Waals surface area contributed by atoms with Gasteiger partial charge in [-0.1, -0.05) is 12.2 Å². The van der Waals surface area contributed by atoms with E-state index in [4.69, 9.17) is 22.7 Å². The van der Waals surface area contributed by atoms with E-state index < -0.39 is 0 Å². The minimum atomic E-state index is -0.163. The summed E-state index contributed by atoms with van der Waals surface area (Å²) in [6, 6.07) is 7.00. The molecule has 1 aromatic carbocycles. The van der Waals surface area contributed by atoms with Gasteiger partial charge in [-0.05, 0) is 31.2 Å². The summed E-state index contributed by atoms with van der Waals surface area (Å²) in [7, 11) is 1.60. The highest BCUT2D eigenvalue weighted by Gasteiger charge is 2.11. The van der Waals surface area contributed by atoms with Crippen LogP contribution in [0.2, 0.25) is 0 Å². The molecule has 3 N–H and O–H groups in total. The molecule has 5 nitrogen and oxygen atoms in total. The molecule has 0 spiro atoms. The molecule has 0 fully saturated rings. The topological polar surface area (TPSA) is 67.6 Å². The molecule has 0 atom stereocenters. The molecule has 1 aromatic rings. The van der Waals surface area contributed by atoms with E-state index in [0.29, 0.717) is 24.5 Å². The number of hydrogen-bond donors (Lipinski definition) is 2. The molecule has 0 heterocycles. The number of nitrogens with one attached hydrogen (secondary N) is 1. The minimum absolute atomic E-state index is 0.163. The number of rotatable bonds is 6. The molecule has 6 heteroatoms. The van der Waals surface area contributed by atoms with Gasteiger partial charge in [0.2, 0.25) is 0 Å². The minimum Gasteiger partial charge on any atom is -0.497 e. The van der Waals surface area contributed by atoms with Crippen molar-refractivity contribution in [2.45, 2.75) is 13.3 Å². The Labute approximate surface area is 118 Å². The fourth-order valence-electron chi connectivity index (χ4n) is 1.53. The first kappa shape index (κ1) is 15.2. The van der Waals surface area contributed by atoms with Gasteiger partial charge in [-0.25, -0.2) is 4.79 Å². The quantitative estimate of drug-likeness (QED) is 0.785. The van der Waals surface area contributed by atoms with Gasteiger partial charge in [0.1, 0.15) is 5.75 Å². The molecule has 0 aliphatic carbocycles. The lowest BCUT2D eigenvalue weighted by molar-refractivity contribution is 0.216. The van der Waals surface area contributed by atoms with E-state index in [9.17, 15) is 4.79 Å². The van der Waals surface area contributed by atoms with Crippen molar-refractivity contribution >= 4 is 28.9 Å². The van der Waals surface area contributed by atoms with Gasteiger partial charge >= 0.3 is 6.03 Å². The largest absolute Gasteiger partial charge is 0.497 e. The number of nitrogens with two attached hydrogens (primary N) is 1. The van der Waals surface area contributed by atoms with Crippen LogP contribution < -0.4 is 15.8 Å². The Kier molecular flexibility index (Phi) is 6.08. The zero-order chi connectivity index (χ0) is 14.3. The number of methoxy groups -OCH3 is 1. The molecule has 104 valence electrons. The number of amides is 2. The molecule has 0 aliphatic heterocycles. The summed E-state index contributed by atoms with van der Waals surface area (Å²) >= 11 is 4.81. The van der Waals surface area contributed by atoms with Gasteiger partial charge in [-0.15, -0.1) is 0 Å². The second kappa shape index (κ2) is 7.58. The highest BCUT2D eigenvalue weighted by atomic mass is 32.1. The number of ether oxygens (including phenoxy) is 1. The predicted octanol–water partition coefficient (Wildman–Crippen LogP) is 2.23.